The first-order valence-electron chi connectivity index (χ1n) is 9.90. The Morgan fingerprint density at radius 3 is 2.65 bits per heavy atom. The van der Waals surface area contributed by atoms with Crippen molar-refractivity contribution >= 4 is 11.9 Å². The van der Waals surface area contributed by atoms with E-state index in [1.165, 1.54) is 12.5 Å². The van der Waals surface area contributed by atoms with Gasteiger partial charge in [-0.2, -0.15) is 0 Å². The van der Waals surface area contributed by atoms with Crippen LogP contribution in [0.4, 0.5) is 0 Å². The first-order chi connectivity index (χ1) is 12.1. The average molecular weight is 360 g/mol. The van der Waals surface area contributed by atoms with Gasteiger partial charge in [0.2, 0.25) is 0 Å². The van der Waals surface area contributed by atoms with Gasteiger partial charge in [0, 0.05) is 12.5 Å². The normalized spacial score (nSPS) is 40.1. The lowest BCUT2D eigenvalue weighted by Gasteiger charge is -2.43. The third-order valence-electron chi connectivity index (χ3n) is 7.03. The number of fused-ring (bicyclic) bond motifs is 4. The lowest BCUT2D eigenvalue weighted by molar-refractivity contribution is -0.185. The van der Waals surface area contributed by atoms with Gasteiger partial charge in [-0.1, -0.05) is 25.2 Å². The molecule has 0 aromatic rings. The molecule has 2 fully saturated rings. The Bertz CT molecular complexity index is 649. The van der Waals surface area contributed by atoms with Crippen LogP contribution in [0.5, 0.6) is 0 Å². The van der Waals surface area contributed by atoms with Crippen molar-refractivity contribution in [3.8, 4) is 0 Å². The van der Waals surface area contributed by atoms with Crippen LogP contribution < -0.4 is 0 Å². The summed E-state index contributed by atoms with van der Waals surface area (Å²) in [5.74, 6) is 0.378. The van der Waals surface area contributed by atoms with Crippen molar-refractivity contribution in [1.82, 2.24) is 0 Å². The van der Waals surface area contributed by atoms with Gasteiger partial charge in [-0.15, -0.1) is 0 Å². The minimum absolute atomic E-state index is 0.0597. The van der Waals surface area contributed by atoms with Gasteiger partial charge in [0.1, 0.15) is 11.7 Å². The molecule has 5 atom stereocenters. The topological polar surface area (TPSA) is 52.6 Å². The molecule has 3 rings (SSSR count). The summed E-state index contributed by atoms with van der Waals surface area (Å²) >= 11 is 0. The van der Waals surface area contributed by atoms with Crippen LogP contribution in [-0.2, 0) is 19.1 Å². The van der Waals surface area contributed by atoms with E-state index in [2.05, 4.69) is 20.4 Å². The Morgan fingerprint density at radius 2 is 2.00 bits per heavy atom. The van der Waals surface area contributed by atoms with Crippen molar-refractivity contribution < 1.29 is 19.1 Å². The molecular formula is C22H32O4. The number of carbonyl (C=O) groups is 2. The summed E-state index contributed by atoms with van der Waals surface area (Å²) in [7, 11) is 0. The molecule has 3 aliphatic rings. The summed E-state index contributed by atoms with van der Waals surface area (Å²) in [4.78, 5) is 24.5. The number of ether oxygens (including phenoxy) is 2. The molecule has 4 nitrogen and oxygen atoms in total. The summed E-state index contributed by atoms with van der Waals surface area (Å²) in [6, 6.07) is 0. The summed E-state index contributed by atoms with van der Waals surface area (Å²) in [6.45, 7) is 12.0. The monoisotopic (exact) mass is 360 g/mol. The maximum Gasteiger partial charge on any atom is 0.334 e. The fraction of sp³-hybridized carbons (Fsp3) is 0.727. The number of allylic oxidation sites excluding steroid dienone is 2. The molecule has 2 bridgehead atoms. The number of esters is 2. The highest BCUT2D eigenvalue weighted by Gasteiger charge is 2.52. The minimum atomic E-state index is -0.771. The van der Waals surface area contributed by atoms with Crippen LogP contribution in [0.25, 0.3) is 0 Å². The first-order valence-corrected chi connectivity index (χ1v) is 9.90. The molecule has 26 heavy (non-hydrogen) atoms. The van der Waals surface area contributed by atoms with Gasteiger partial charge in [0.25, 0.3) is 0 Å². The molecule has 4 heteroatoms. The van der Waals surface area contributed by atoms with Gasteiger partial charge in [-0.25, -0.2) is 4.79 Å². The second-order valence-electron chi connectivity index (χ2n) is 9.06. The van der Waals surface area contributed by atoms with Crippen molar-refractivity contribution in [2.45, 2.75) is 84.3 Å². The smallest absolute Gasteiger partial charge is 0.334 e. The summed E-state index contributed by atoms with van der Waals surface area (Å²) in [5, 5.41) is 0. The van der Waals surface area contributed by atoms with Crippen molar-refractivity contribution in [2.75, 3.05) is 0 Å². The zero-order valence-corrected chi connectivity index (χ0v) is 16.6. The molecule has 0 spiro atoms. The molecule has 1 saturated heterocycles. The van der Waals surface area contributed by atoms with Crippen molar-refractivity contribution in [3.63, 3.8) is 0 Å². The van der Waals surface area contributed by atoms with Gasteiger partial charge < -0.3 is 9.47 Å². The van der Waals surface area contributed by atoms with E-state index in [-0.39, 0.29) is 17.4 Å². The standard InChI is InChI=1S/C22H32O4/c1-14(2)17-10-12-21(4)13-19(25-15(3)23)22(5)11-6-7-16(20(24)26-22)8-9-18(17)21/h7,17-19H,1,6,8-13H2,2-5H3/t17-,18+,19+,21-,22+/m1/s1. The maximum atomic E-state index is 12.7. The lowest BCUT2D eigenvalue weighted by Crippen LogP contribution is -2.49. The van der Waals surface area contributed by atoms with E-state index >= 15 is 0 Å². The van der Waals surface area contributed by atoms with Crippen LogP contribution >= 0.6 is 0 Å². The summed E-state index contributed by atoms with van der Waals surface area (Å²) in [6.07, 6.45) is 7.75. The van der Waals surface area contributed by atoms with Gasteiger partial charge in [0.05, 0.1) is 0 Å². The molecule has 1 aliphatic carbocycles. The zero-order valence-electron chi connectivity index (χ0n) is 16.6. The van der Waals surface area contributed by atoms with E-state index in [1.807, 2.05) is 13.0 Å². The highest BCUT2D eigenvalue weighted by molar-refractivity contribution is 5.89. The lowest BCUT2D eigenvalue weighted by atomic mass is 9.68. The maximum absolute atomic E-state index is 12.7. The van der Waals surface area contributed by atoms with Crippen LogP contribution in [0.1, 0.15) is 72.6 Å². The van der Waals surface area contributed by atoms with E-state index in [4.69, 9.17) is 9.47 Å². The number of hydrogen-bond donors (Lipinski definition) is 0. The molecule has 0 unspecified atom stereocenters. The summed E-state index contributed by atoms with van der Waals surface area (Å²) in [5.41, 5.74) is 1.30. The van der Waals surface area contributed by atoms with Gasteiger partial charge >= 0.3 is 11.9 Å². The quantitative estimate of drug-likeness (QED) is 0.527. The van der Waals surface area contributed by atoms with E-state index in [0.717, 1.165) is 44.1 Å². The fourth-order valence-electron chi connectivity index (χ4n) is 5.44. The van der Waals surface area contributed by atoms with Crippen LogP contribution in [-0.4, -0.2) is 23.6 Å². The Balaban J connectivity index is 2.02. The molecule has 144 valence electrons. The van der Waals surface area contributed by atoms with Crippen molar-refractivity contribution in [3.05, 3.63) is 23.8 Å². The van der Waals surface area contributed by atoms with Crippen LogP contribution in [0.2, 0.25) is 0 Å². The minimum Gasteiger partial charge on any atom is -0.458 e. The molecule has 0 amide bonds. The van der Waals surface area contributed by atoms with Gasteiger partial charge in [-0.3, -0.25) is 4.79 Å². The molecule has 0 aromatic heterocycles. The highest BCUT2D eigenvalue weighted by atomic mass is 16.6. The molecule has 0 N–H and O–H groups in total. The number of hydrogen-bond acceptors (Lipinski definition) is 4. The SMILES string of the molecule is C=C(C)[C@H]1CC[C@]2(C)C[C@H](OC(C)=O)[C@]3(C)CCC=C(CC[C@@H]12)C(=O)O3. The van der Waals surface area contributed by atoms with Gasteiger partial charge in [0.15, 0.2) is 0 Å². The van der Waals surface area contributed by atoms with Gasteiger partial charge in [-0.05, 0) is 76.0 Å². The third-order valence-corrected chi connectivity index (χ3v) is 7.03. The first kappa shape index (κ1) is 19.2. The second-order valence-corrected chi connectivity index (χ2v) is 9.06. The number of rotatable bonds is 2. The zero-order chi connectivity index (χ0) is 19.1. The van der Waals surface area contributed by atoms with E-state index < -0.39 is 11.7 Å². The van der Waals surface area contributed by atoms with Crippen LogP contribution in [0, 0.1) is 17.3 Å². The van der Waals surface area contributed by atoms with Crippen molar-refractivity contribution in [2.24, 2.45) is 17.3 Å². The van der Waals surface area contributed by atoms with Crippen molar-refractivity contribution in [1.29, 1.82) is 0 Å². The number of carbonyl (C=O) groups excluding carboxylic acids is 2. The third kappa shape index (κ3) is 3.47. The Kier molecular flexibility index (Phi) is 5.06. The Labute approximate surface area is 157 Å². The predicted molar refractivity (Wildman–Crippen MR) is 100 cm³/mol. The van der Waals surface area contributed by atoms with E-state index in [9.17, 15) is 9.59 Å². The Hall–Kier alpha value is -1.58. The molecule has 2 aliphatic heterocycles. The summed E-state index contributed by atoms with van der Waals surface area (Å²) < 4.78 is 11.7. The molecule has 0 aromatic carbocycles. The van der Waals surface area contributed by atoms with Crippen LogP contribution in [0.3, 0.4) is 0 Å². The molecule has 1 saturated carbocycles. The predicted octanol–water partition coefficient (Wildman–Crippen LogP) is 4.73. The fourth-order valence-corrected chi connectivity index (χ4v) is 5.44. The van der Waals surface area contributed by atoms with E-state index in [1.54, 1.807) is 0 Å². The van der Waals surface area contributed by atoms with E-state index in [0.29, 0.717) is 18.3 Å². The average Bonchev–Trinajstić information content (AvgIpc) is 2.76. The molecular weight excluding hydrogens is 328 g/mol. The van der Waals surface area contributed by atoms with Crippen LogP contribution in [0.15, 0.2) is 23.8 Å². The Morgan fingerprint density at radius 1 is 1.27 bits per heavy atom. The highest BCUT2D eigenvalue weighted by Crippen LogP contribution is 2.56. The molecule has 0 radical (unpaired) electrons. The molecule has 2 heterocycles. The largest absolute Gasteiger partial charge is 0.458 e. The second kappa shape index (κ2) is 6.86.